The predicted molar refractivity (Wildman–Crippen MR) is 78.5 cm³/mol. The second-order valence-corrected chi connectivity index (χ2v) is 5.16. The van der Waals surface area contributed by atoms with Crippen molar-refractivity contribution >= 4 is 17.5 Å². The highest BCUT2D eigenvalue weighted by molar-refractivity contribution is 6.09. The maximum atomic E-state index is 12.3. The first-order valence-electron chi connectivity index (χ1n) is 7.25. The molecule has 1 N–H and O–H groups in total. The van der Waals surface area contributed by atoms with Crippen molar-refractivity contribution in [1.29, 1.82) is 0 Å². The van der Waals surface area contributed by atoms with Gasteiger partial charge in [-0.05, 0) is 18.6 Å². The molecule has 6 nitrogen and oxygen atoms in total. The van der Waals surface area contributed by atoms with E-state index in [-0.39, 0.29) is 18.8 Å². The fraction of sp³-hybridized carbons (Fsp3) is 0.467. The molecular formula is C15H17F3N2O4. The highest BCUT2D eigenvalue weighted by Gasteiger charge is 2.38. The van der Waals surface area contributed by atoms with Crippen LogP contribution in [0.25, 0.3) is 0 Å². The molecule has 1 aromatic rings. The van der Waals surface area contributed by atoms with Crippen molar-refractivity contribution in [2.45, 2.75) is 12.8 Å². The van der Waals surface area contributed by atoms with E-state index in [1.807, 2.05) is 0 Å². The lowest BCUT2D eigenvalue weighted by Crippen LogP contribution is -2.38. The summed E-state index contributed by atoms with van der Waals surface area (Å²) in [5, 5.41) is 2.59. The largest absolute Gasteiger partial charge is 0.573 e. The minimum absolute atomic E-state index is 0.247. The molecule has 24 heavy (non-hydrogen) atoms. The third kappa shape index (κ3) is 4.60. The maximum Gasteiger partial charge on any atom is 0.573 e. The van der Waals surface area contributed by atoms with Crippen molar-refractivity contribution < 1.29 is 32.2 Å². The van der Waals surface area contributed by atoms with E-state index in [9.17, 15) is 22.8 Å². The van der Waals surface area contributed by atoms with Crippen LogP contribution in [0, 0.1) is 5.92 Å². The Bertz CT molecular complexity index is 607. The fourth-order valence-corrected chi connectivity index (χ4v) is 2.43. The number of nitrogens with zero attached hydrogens (tertiary/aromatic N) is 1. The van der Waals surface area contributed by atoms with E-state index >= 15 is 0 Å². The Labute approximate surface area is 136 Å². The van der Waals surface area contributed by atoms with Gasteiger partial charge in [0.15, 0.2) is 0 Å². The highest BCUT2D eigenvalue weighted by Crippen LogP contribution is 2.30. The normalized spacial score (nSPS) is 17.9. The number of nitrogens with one attached hydrogen (secondary N) is 1. The fourth-order valence-electron chi connectivity index (χ4n) is 2.43. The average molecular weight is 346 g/mol. The molecule has 0 unspecified atom stereocenters. The van der Waals surface area contributed by atoms with E-state index < -0.39 is 29.8 Å². The van der Waals surface area contributed by atoms with E-state index in [0.717, 1.165) is 12.1 Å². The van der Waals surface area contributed by atoms with Gasteiger partial charge in [0.1, 0.15) is 11.7 Å². The summed E-state index contributed by atoms with van der Waals surface area (Å²) >= 11 is 0. The van der Waals surface area contributed by atoms with E-state index in [0.29, 0.717) is 13.0 Å². The lowest BCUT2D eigenvalue weighted by Gasteiger charge is -2.18. The van der Waals surface area contributed by atoms with Gasteiger partial charge in [0.05, 0.1) is 6.61 Å². The molecule has 0 saturated carbocycles. The van der Waals surface area contributed by atoms with Crippen LogP contribution in [-0.4, -0.2) is 45.0 Å². The van der Waals surface area contributed by atoms with Crippen molar-refractivity contribution in [3.63, 3.8) is 0 Å². The molecule has 1 saturated heterocycles. The molecule has 1 aliphatic rings. The second-order valence-electron chi connectivity index (χ2n) is 5.16. The molecular weight excluding hydrogens is 329 g/mol. The van der Waals surface area contributed by atoms with Gasteiger partial charge in [-0.3, -0.25) is 9.59 Å². The van der Waals surface area contributed by atoms with Gasteiger partial charge >= 0.3 is 6.36 Å². The quantitative estimate of drug-likeness (QED) is 0.629. The number of halogens is 3. The standard InChI is InChI=1S/C15H17F3N2O4/c1-23-8-6-19-13(21)12-5-7-20(14(12)22)10-3-2-4-11(9-10)24-15(16,17)18/h2-4,9,12H,5-8H2,1H3,(H,19,21)/t12-/m0/s1. The number of amides is 2. The molecule has 1 aliphatic heterocycles. The minimum Gasteiger partial charge on any atom is -0.406 e. The van der Waals surface area contributed by atoms with Crippen LogP contribution in [0.4, 0.5) is 18.9 Å². The van der Waals surface area contributed by atoms with Gasteiger partial charge in [0.2, 0.25) is 11.8 Å². The molecule has 132 valence electrons. The third-order valence-electron chi connectivity index (χ3n) is 3.49. The van der Waals surface area contributed by atoms with Crippen molar-refractivity contribution in [1.82, 2.24) is 5.32 Å². The van der Waals surface area contributed by atoms with Gasteiger partial charge in [0, 0.05) is 32.0 Å². The van der Waals surface area contributed by atoms with Gasteiger partial charge < -0.3 is 19.7 Å². The summed E-state index contributed by atoms with van der Waals surface area (Å²) in [5.74, 6) is -2.13. The second kappa shape index (κ2) is 7.52. The Balaban J connectivity index is 2.04. The van der Waals surface area contributed by atoms with Crippen LogP contribution in [0.2, 0.25) is 0 Å². The van der Waals surface area contributed by atoms with Crippen molar-refractivity contribution in [2.24, 2.45) is 5.92 Å². The molecule has 0 aliphatic carbocycles. The Kier molecular flexibility index (Phi) is 5.66. The average Bonchev–Trinajstić information content (AvgIpc) is 2.87. The van der Waals surface area contributed by atoms with E-state index in [1.165, 1.54) is 24.1 Å². The summed E-state index contributed by atoms with van der Waals surface area (Å²) < 4.78 is 45.5. The monoisotopic (exact) mass is 346 g/mol. The van der Waals surface area contributed by atoms with Crippen molar-refractivity contribution in [3.05, 3.63) is 24.3 Å². The SMILES string of the molecule is COCCNC(=O)[C@@H]1CCN(c2cccc(OC(F)(F)F)c2)C1=O. The van der Waals surface area contributed by atoms with Crippen LogP contribution in [-0.2, 0) is 14.3 Å². The molecule has 2 rings (SSSR count). The maximum absolute atomic E-state index is 12.3. The van der Waals surface area contributed by atoms with Crippen molar-refractivity contribution in [3.8, 4) is 5.75 Å². The highest BCUT2D eigenvalue weighted by atomic mass is 19.4. The molecule has 1 atom stereocenters. The van der Waals surface area contributed by atoms with Crippen LogP contribution >= 0.6 is 0 Å². The molecule has 1 fully saturated rings. The Morgan fingerprint density at radius 1 is 1.42 bits per heavy atom. The minimum atomic E-state index is -4.81. The van der Waals surface area contributed by atoms with E-state index in [2.05, 4.69) is 10.1 Å². The lowest BCUT2D eigenvalue weighted by atomic mass is 10.1. The summed E-state index contributed by atoms with van der Waals surface area (Å²) in [5.41, 5.74) is 0.258. The van der Waals surface area contributed by atoms with E-state index in [4.69, 9.17) is 4.74 Å². The van der Waals surface area contributed by atoms with Crippen molar-refractivity contribution in [2.75, 3.05) is 31.7 Å². The summed E-state index contributed by atoms with van der Waals surface area (Å²) in [4.78, 5) is 25.6. The first-order chi connectivity index (χ1) is 11.3. The first-order valence-corrected chi connectivity index (χ1v) is 7.25. The number of hydrogen-bond acceptors (Lipinski definition) is 4. The number of carbonyl (C=O) groups excluding carboxylic acids is 2. The van der Waals surface area contributed by atoms with Crippen LogP contribution < -0.4 is 15.0 Å². The Hall–Kier alpha value is -2.29. The number of ether oxygens (including phenoxy) is 2. The van der Waals surface area contributed by atoms with Gasteiger partial charge in [-0.1, -0.05) is 6.07 Å². The number of alkyl halides is 3. The molecule has 9 heteroatoms. The zero-order valence-corrected chi connectivity index (χ0v) is 12.9. The number of hydrogen-bond donors (Lipinski definition) is 1. The Morgan fingerprint density at radius 2 is 2.17 bits per heavy atom. The first kappa shape index (κ1) is 18.1. The van der Waals surface area contributed by atoms with Crippen LogP contribution in [0.15, 0.2) is 24.3 Å². The zero-order chi connectivity index (χ0) is 17.7. The number of benzene rings is 1. The predicted octanol–water partition coefficient (Wildman–Crippen LogP) is 1.70. The van der Waals surface area contributed by atoms with Gasteiger partial charge in [-0.25, -0.2) is 0 Å². The molecule has 0 bridgehead atoms. The number of methoxy groups -OCH3 is 1. The molecule has 0 radical (unpaired) electrons. The topological polar surface area (TPSA) is 67.9 Å². The zero-order valence-electron chi connectivity index (χ0n) is 12.9. The number of rotatable bonds is 6. The summed E-state index contributed by atoms with van der Waals surface area (Å²) in [6.07, 6.45) is -4.51. The lowest BCUT2D eigenvalue weighted by molar-refractivity contribution is -0.274. The third-order valence-corrected chi connectivity index (χ3v) is 3.49. The summed E-state index contributed by atoms with van der Waals surface area (Å²) in [7, 11) is 1.49. The van der Waals surface area contributed by atoms with Crippen LogP contribution in [0.1, 0.15) is 6.42 Å². The van der Waals surface area contributed by atoms with Crippen LogP contribution in [0.3, 0.4) is 0 Å². The van der Waals surface area contributed by atoms with Gasteiger partial charge in [-0.2, -0.15) is 0 Å². The molecule has 0 aromatic heterocycles. The summed E-state index contributed by atoms with van der Waals surface area (Å²) in [6, 6.07) is 5.12. The molecule has 1 aromatic carbocycles. The van der Waals surface area contributed by atoms with E-state index in [1.54, 1.807) is 0 Å². The Morgan fingerprint density at radius 3 is 2.83 bits per heavy atom. The van der Waals surface area contributed by atoms with Gasteiger partial charge in [0.25, 0.3) is 0 Å². The number of carbonyl (C=O) groups is 2. The molecule has 0 spiro atoms. The van der Waals surface area contributed by atoms with Crippen LogP contribution in [0.5, 0.6) is 5.75 Å². The molecule has 2 amide bonds. The summed E-state index contributed by atoms with van der Waals surface area (Å²) in [6.45, 7) is 0.859. The number of anilines is 1. The molecule has 1 heterocycles. The smallest absolute Gasteiger partial charge is 0.406 e. The van der Waals surface area contributed by atoms with Gasteiger partial charge in [-0.15, -0.1) is 13.2 Å².